The molecule has 0 saturated carbocycles. The number of hydrazine groups is 1. The Bertz CT molecular complexity index is 1210. The number of hydrogen-bond acceptors (Lipinski definition) is 5. The number of nitrogens with one attached hydrogen (secondary N) is 2. The van der Waals surface area contributed by atoms with Crippen LogP contribution in [0.5, 0.6) is 0 Å². The summed E-state index contributed by atoms with van der Waals surface area (Å²) in [5.41, 5.74) is 7.46. The third-order valence-electron chi connectivity index (χ3n) is 4.40. The molecule has 0 radical (unpaired) electrons. The first-order valence-corrected chi connectivity index (χ1v) is 10.2. The van der Waals surface area contributed by atoms with Crippen LogP contribution in [-0.2, 0) is 6.54 Å². The first kappa shape index (κ1) is 20.4. The molecule has 0 unspecified atom stereocenters. The van der Waals surface area contributed by atoms with Gasteiger partial charge in [-0.25, -0.2) is 0 Å². The third-order valence-corrected chi connectivity index (χ3v) is 4.89. The van der Waals surface area contributed by atoms with Crippen molar-refractivity contribution in [3.8, 4) is 11.4 Å². The van der Waals surface area contributed by atoms with Gasteiger partial charge in [0.1, 0.15) is 0 Å². The van der Waals surface area contributed by atoms with Crippen molar-refractivity contribution >= 4 is 27.7 Å². The average Bonchev–Trinajstić information content (AvgIpc) is 3.27. The molecule has 1 aromatic heterocycles. The number of hydrogen-bond donors (Lipinski definition) is 2. The van der Waals surface area contributed by atoms with Crippen LogP contribution in [0, 0.1) is 0 Å². The molecule has 0 bridgehead atoms. The molecule has 0 aliphatic carbocycles. The Balaban J connectivity index is 1.34. The van der Waals surface area contributed by atoms with Crippen LogP contribution in [0.25, 0.3) is 11.4 Å². The Morgan fingerprint density at radius 3 is 2.26 bits per heavy atom. The standard InChI is InChI=1S/C22H17BrN6O2/c23-19-8-4-7-18(13-19)22(31)26-25-21(30)17-11-9-15(10-12-17)14-29-27-20(24-28-29)16-5-2-1-3-6-16/h1-13H,14H2,(H,25,30)(H,26,31). The van der Waals surface area contributed by atoms with E-state index in [0.29, 0.717) is 23.5 Å². The van der Waals surface area contributed by atoms with Crippen LogP contribution < -0.4 is 10.9 Å². The Morgan fingerprint density at radius 1 is 0.839 bits per heavy atom. The average molecular weight is 477 g/mol. The summed E-state index contributed by atoms with van der Waals surface area (Å²) in [7, 11) is 0. The summed E-state index contributed by atoms with van der Waals surface area (Å²) >= 11 is 3.31. The molecule has 9 heteroatoms. The number of aromatic nitrogens is 4. The number of carbonyl (C=O) groups excluding carboxylic acids is 2. The van der Waals surface area contributed by atoms with E-state index in [2.05, 4.69) is 42.2 Å². The molecule has 0 aliphatic rings. The van der Waals surface area contributed by atoms with E-state index < -0.39 is 11.8 Å². The maximum atomic E-state index is 12.3. The van der Waals surface area contributed by atoms with Crippen LogP contribution in [0.1, 0.15) is 26.3 Å². The van der Waals surface area contributed by atoms with Gasteiger partial charge >= 0.3 is 0 Å². The van der Waals surface area contributed by atoms with Crippen molar-refractivity contribution in [2.24, 2.45) is 0 Å². The molecule has 0 spiro atoms. The molecule has 3 aromatic carbocycles. The number of benzene rings is 3. The van der Waals surface area contributed by atoms with E-state index in [0.717, 1.165) is 15.6 Å². The maximum absolute atomic E-state index is 12.3. The summed E-state index contributed by atoms with van der Waals surface area (Å²) in [6.07, 6.45) is 0. The lowest BCUT2D eigenvalue weighted by Gasteiger charge is -2.08. The van der Waals surface area contributed by atoms with Crippen LogP contribution in [0.2, 0.25) is 0 Å². The zero-order valence-corrected chi connectivity index (χ0v) is 17.8. The van der Waals surface area contributed by atoms with Crippen LogP contribution in [-0.4, -0.2) is 32.0 Å². The third kappa shape index (κ3) is 5.20. The number of halogens is 1. The van der Waals surface area contributed by atoms with Gasteiger partial charge in [-0.15, -0.1) is 10.2 Å². The fourth-order valence-electron chi connectivity index (χ4n) is 2.83. The van der Waals surface area contributed by atoms with Crippen molar-refractivity contribution in [1.29, 1.82) is 0 Å². The summed E-state index contributed by atoms with van der Waals surface area (Å²) in [5, 5.41) is 12.5. The molecule has 0 atom stereocenters. The second-order valence-electron chi connectivity index (χ2n) is 6.62. The second-order valence-corrected chi connectivity index (χ2v) is 7.54. The molecular formula is C22H17BrN6O2. The molecule has 0 saturated heterocycles. The summed E-state index contributed by atoms with van der Waals surface area (Å²) in [6, 6.07) is 23.4. The van der Waals surface area contributed by atoms with Crippen molar-refractivity contribution in [2.75, 3.05) is 0 Å². The Labute approximate surface area is 186 Å². The van der Waals surface area contributed by atoms with E-state index in [-0.39, 0.29) is 0 Å². The van der Waals surface area contributed by atoms with E-state index in [1.165, 1.54) is 4.80 Å². The molecule has 4 aromatic rings. The highest BCUT2D eigenvalue weighted by atomic mass is 79.9. The SMILES string of the molecule is O=C(NNC(=O)c1cccc(Br)c1)c1ccc(Cn2nnc(-c3ccccc3)n2)cc1. The van der Waals surface area contributed by atoms with Gasteiger partial charge in [-0.2, -0.15) is 4.80 Å². The lowest BCUT2D eigenvalue weighted by atomic mass is 10.1. The number of carbonyl (C=O) groups is 2. The molecule has 2 amide bonds. The van der Waals surface area contributed by atoms with Gasteiger partial charge < -0.3 is 0 Å². The van der Waals surface area contributed by atoms with Crippen molar-refractivity contribution in [3.05, 3.63) is 100 Å². The van der Waals surface area contributed by atoms with Crippen molar-refractivity contribution < 1.29 is 9.59 Å². The second kappa shape index (κ2) is 9.31. The van der Waals surface area contributed by atoms with E-state index in [1.807, 2.05) is 36.4 Å². The predicted octanol–water partition coefficient (Wildman–Crippen LogP) is 3.23. The van der Waals surface area contributed by atoms with Crippen LogP contribution in [0.15, 0.2) is 83.3 Å². The van der Waals surface area contributed by atoms with E-state index >= 15 is 0 Å². The molecule has 0 aliphatic heterocycles. The minimum absolute atomic E-state index is 0.405. The van der Waals surface area contributed by atoms with Gasteiger partial charge in [-0.05, 0) is 41.1 Å². The predicted molar refractivity (Wildman–Crippen MR) is 118 cm³/mol. The molecule has 2 N–H and O–H groups in total. The quantitative estimate of drug-likeness (QED) is 0.430. The topological polar surface area (TPSA) is 102 Å². The Morgan fingerprint density at radius 2 is 1.55 bits per heavy atom. The Kier molecular flexibility index (Phi) is 6.13. The smallest absolute Gasteiger partial charge is 0.267 e. The first-order chi connectivity index (χ1) is 15.1. The summed E-state index contributed by atoms with van der Waals surface area (Å²) in [5.74, 6) is -0.268. The van der Waals surface area contributed by atoms with Gasteiger partial charge in [-0.3, -0.25) is 20.4 Å². The van der Waals surface area contributed by atoms with Gasteiger partial charge in [0.2, 0.25) is 5.82 Å². The van der Waals surface area contributed by atoms with Crippen molar-refractivity contribution in [1.82, 2.24) is 31.1 Å². The lowest BCUT2D eigenvalue weighted by Crippen LogP contribution is -2.41. The molecular weight excluding hydrogens is 460 g/mol. The van der Waals surface area contributed by atoms with Crippen LogP contribution >= 0.6 is 15.9 Å². The van der Waals surface area contributed by atoms with Gasteiger partial charge in [0, 0.05) is 21.2 Å². The lowest BCUT2D eigenvalue weighted by molar-refractivity contribution is 0.0846. The van der Waals surface area contributed by atoms with E-state index in [4.69, 9.17) is 0 Å². The number of nitrogens with zero attached hydrogens (tertiary/aromatic N) is 4. The highest BCUT2D eigenvalue weighted by Gasteiger charge is 2.10. The zero-order valence-electron chi connectivity index (χ0n) is 16.2. The highest BCUT2D eigenvalue weighted by Crippen LogP contribution is 2.13. The molecule has 1 heterocycles. The van der Waals surface area contributed by atoms with Gasteiger partial charge in [0.15, 0.2) is 0 Å². The normalized spacial score (nSPS) is 10.5. The monoisotopic (exact) mass is 476 g/mol. The summed E-state index contributed by atoms with van der Waals surface area (Å²) < 4.78 is 0.778. The highest BCUT2D eigenvalue weighted by molar-refractivity contribution is 9.10. The largest absolute Gasteiger partial charge is 0.269 e. The molecule has 154 valence electrons. The van der Waals surface area contributed by atoms with E-state index in [9.17, 15) is 9.59 Å². The summed E-state index contributed by atoms with van der Waals surface area (Å²) in [6.45, 7) is 0.418. The van der Waals surface area contributed by atoms with Crippen LogP contribution in [0.3, 0.4) is 0 Å². The van der Waals surface area contributed by atoms with Crippen LogP contribution in [0.4, 0.5) is 0 Å². The number of tetrazole rings is 1. The van der Waals surface area contributed by atoms with Gasteiger partial charge in [0.05, 0.1) is 6.54 Å². The number of amides is 2. The Hall–Kier alpha value is -3.85. The minimum Gasteiger partial charge on any atom is -0.267 e. The van der Waals surface area contributed by atoms with E-state index in [1.54, 1.807) is 42.5 Å². The fraction of sp³-hybridized carbons (Fsp3) is 0.0455. The van der Waals surface area contributed by atoms with Crippen molar-refractivity contribution in [3.63, 3.8) is 0 Å². The first-order valence-electron chi connectivity index (χ1n) is 9.37. The number of rotatable bonds is 5. The van der Waals surface area contributed by atoms with Gasteiger partial charge in [0.25, 0.3) is 11.8 Å². The molecule has 8 nitrogen and oxygen atoms in total. The fourth-order valence-corrected chi connectivity index (χ4v) is 3.22. The minimum atomic E-state index is -0.417. The molecule has 0 fully saturated rings. The maximum Gasteiger partial charge on any atom is 0.269 e. The molecule has 31 heavy (non-hydrogen) atoms. The van der Waals surface area contributed by atoms with Crippen molar-refractivity contribution in [2.45, 2.75) is 6.54 Å². The zero-order chi connectivity index (χ0) is 21.6. The summed E-state index contributed by atoms with van der Waals surface area (Å²) in [4.78, 5) is 25.9. The molecule has 4 rings (SSSR count). The van der Waals surface area contributed by atoms with Gasteiger partial charge in [-0.1, -0.05) is 64.5 Å².